The summed E-state index contributed by atoms with van der Waals surface area (Å²) in [6.45, 7) is 3.77. The molecule has 0 aliphatic carbocycles. The summed E-state index contributed by atoms with van der Waals surface area (Å²) in [6, 6.07) is 8.38. The van der Waals surface area contributed by atoms with Crippen molar-refractivity contribution < 1.29 is 5.11 Å². The summed E-state index contributed by atoms with van der Waals surface area (Å²) in [5, 5.41) is 11.6. The Bertz CT molecular complexity index is 223. The molecule has 1 rings (SSSR count). The Morgan fingerprint density at radius 3 is 2.38 bits per heavy atom. The molecule has 0 atom stereocenters. The van der Waals surface area contributed by atoms with E-state index < -0.39 is 0 Å². The van der Waals surface area contributed by atoms with E-state index in [9.17, 15) is 0 Å². The molecule has 74 valence electrons. The lowest BCUT2D eigenvalue weighted by Crippen LogP contribution is -2.17. The first-order valence-electron chi connectivity index (χ1n) is 4.20. The summed E-state index contributed by atoms with van der Waals surface area (Å²) >= 11 is 0. The van der Waals surface area contributed by atoms with Gasteiger partial charge in [-0.3, -0.25) is 0 Å². The smallest absolute Gasteiger partial charge is 0.0556 e. The molecular formula is C10H16ClNO. The van der Waals surface area contributed by atoms with E-state index in [1.165, 1.54) is 11.1 Å². The van der Waals surface area contributed by atoms with Crippen molar-refractivity contribution in [1.82, 2.24) is 5.32 Å². The number of benzene rings is 1. The molecule has 0 radical (unpaired) electrons. The monoisotopic (exact) mass is 201 g/mol. The van der Waals surface area contributed by atoms with Gasteiger partial charge in [0, 0.05) is 13.1 Å². The first-order chi connectivity index (χ1) is 5.83. The molecule has 13 heavy (non-hydrogen) atoms. The summed E-state index contributed by atoms with van der Waals surface area (Å²) in [5.41, 5.74) is 2.54. The fraction of sp³-hybridized carbons (Fsp3) is 0.400. The number of aliphatic hydroxyl groups excluding tert-OH is 1. The molecule has 0 saturated heterocycles. The molecule has 0 saturated carbocycles. The van der Waals surface area contributed by atoms with E-state index >= 15 is 0 Å². The summed E-state index contributed by atoms with van der Waals surface area (Å²) in [6.07, 6.45) is 0. The van der Waals surface area contributed by atoms with E-state index in [0.29, 0.717) is 6.54 Å². The molecule has 0 aliphatic heterocycles. The van der Waals surface area contributed by atoms with Crippen molar-refractivity contribution in [3.63, 3.8) is 0 Å². The SMILES string of the molecule is Cc1ccc(CNCCO)cc1.Cl. The van der Waals surface area contributed by atoms with Crippen LogP contribution in [-0.2, 0) is 6.54 Å². The number of halogens is 1. The van der Waals surface area contributed by atoms with Crippen molar-refractivity contribution in [2.24, 2.45) is 0 Å². The largest absolute Gasteiger partial charge is 0.395 e. The van der Waals surface area contributed by atoms with E-state index in [0.717, 1.165) is 6.54 Å². The van der Waals surface area contributed by atoms with Crippen LogP contribution in [0, 0.1) is 6.92 Å². The molecule has 0 bridgehead atoms. The molecule has 2 nitrogen and oxygen atoms in total. The van der Waals surface area contributed by atoms with Crippen LogP contribution in [0.3, 0.4) is 0 Å². The fourth-order valence-corrected chi connectivity index (χ4v) is 1.02. The van der Waals surface area contributed by atoms with Gasteiger partial charge in [-0.15, -0.1) is 12.4 Å². The van der Waals surface area contributed by atoms with E-state index in [-0.39, 0.29) is 19.0 Å². The van der Waals surface area contributed by atoms with Crippen molar-refractivity contribution >= 4 is 12.4 Å². The highest BCUT2D eigenvalue weighted by atomic mass is 35.5. The van der Waals surface area contributed by atoms with Gasteiger partial charge in [0.15, 0.2) is 0 Å². The minimum absolute atomic E-state index is 0. The number of hydrogen-bond donors (Lipinski definition) is 2. The minimum atomic E-state index is 0. The number of aryl methyl sites for hydroxylation is 1. The van der Waals surface area contributed by atoms with Crippen LogP contribution in [0.25, 0.3) is 0 Å². The maximum Gasteiger partial charge on any atom is 0.0556 e. The van der Waals surface area contributed by atoms with Gasteiger partial charge in [-0.25, -0.2) is 0 Å². The Hall–Kier alpha value is -0.570. The predicted octanol–water partition coefficient (Wildman–Crippen LogP) is 1.50. The van der Waals surface area contributed by atoms with E-state index in [2.05, 4.69) is 36.5 Å². The van der Waals surface area contributed by atoms with Gasteiger partial charge in [0.25, 0.3) is 0 Å². The van der Waals surface area contributed by atoms with Crippen LogP contribution in [0.15, 0.2) is 24.3 Å². The van der Waals surface area contributed by atoms with E-state index in [1.807, 2.05) is 0 Å². The second-order valence-electron chi connectivity index (χ2n) is 2.89. The maximum absolute atomic E-state index is 8.53. The first kappa shape index (κ1) is 12.4. The zero-order chi connectivity index (χ0) is 8.81. The normalized spacial score (nSPS) is 9.38. The summed E-state index contributed by atoms with van der Waals surface area (Å²) in [7, 11) is 0. The van der Waals surface area contributed by atoms with Crippen molar-refractivity contribution in [3.8, 4) is 0 Å². The minimum Gasteiger partial charge on any atom is -0.395 e. The summed E-state index contributed by atoms with van der Waals surface area (Å²) < 4.78 is 0. The van der Waals surface area contributed by atoms with Crippen LogP contribution in [0.4, 0.5) is 0 Å². The van der Waals surface area contributed by atoms with Crippen LogP contribution in [0.1, 0.15) is 11.1 Å². The quantitative estimate of drug-likeness (QED) is 0.724. The fourth-order valence-electron chi connectivity index (χ4n) is 1.02. The Balaban J connectivity index is 0.00000144. The molecule has 0 aliphatic rings. The number of hydrogen-bond acceptors (Lipinski definition) is 2. The van der Waals surface area contributed by atoms with Crippen LogP contribution in [0.5, 0.6) is 0 Å². The summed E-state index contributed by atoms with van der Waals surface area (Å²) in [5.74, 6) is 0. The van der Waals surface area contributed by atoms with Gasteiger partial charge in [0.1, 0.15) is 0 Å². The van der Waals surface area contributed by atoms with Crippen LogP contribution in [0.2, 0.25) is 0 Å². The van der Waals surface area contributed by atoms with Crippen molar-refractivity contribution in [3.05, 3.63) is 35.4 Å². The van der Waals surface area contributed by atoms with Crippen LogP contribution >= 0.6 is 12.4 Å². The second-order valence-corrected chi connectivity index (χ2v) is 2.89. The zero-order valence-electron chi connectivity index (χ0n) is 7.79. The van der Waals surface area contributed by atoms with Crippen LogP contribution < -0.4 is 5.32 Å². The molecule has 0 heterocycles. The molecule has 2 N–H and O–H groups in total. The average Bonchev–Trinajstić information content (AvgIpc) is 2.09. The Morgan fingerprint density at radius 1 is 1.23 bits per heavy atom. The lowest BCUT2D eigenvalue weighted by Gasteiger charge is -2.02. The number of aliphatic hydroxyl groups is 1. The second kappa shape index (κ2) is 6.89. The zero-order valence-corrected chi connectivity index (χ0v) is 8.60. The molecule has 0 spiro atoms. The molecule has 1 aromatic rings. The Morgan fingerprint density at radius 2 is 1.85 bits per heavy atom. The van der Waals surface area contributed by atoms with Crippen molar-refractivity contribution in [2.45, 2.75) is 13.5 Å². The molecule has 0 amide bonds. The van der Waals surface area contributed by atoms with E-state index in [4.69, 9.17) is 5.11 Å². The molecule has 3 heteroatoms. The first-order valence-corrected chi connectivity index (χ1v) is 4.20. The topological polar surface area (TPSA) is 32.3 Å². The van der Waals surface area contributed by atoms with Crippen LogP contribution in [-0.4, -0.2) is 18.3 Å². The molecule has 0 fully saturated rings. The standard InChI is InChI=1S/C10H15NO.ClH/c1-9-2-4-10(5-3-9)8-11-6-7-12;/h2-5,11-12H,6-8H2,1H3;1H. The molecule has 0 aromatic heterocycles. The van der Waals surface area contributed by atoms with Gasteiger partial charge >= 0.3 is 0 Å². The van der Waals surface area contributed by atoms with Crippen molar-refractivity contribution in [2.75, 3.05) is 13.2 Å². The highest BCUT2D eigenvalue weighted by molar-refractivity contribution is 5.85. The van der Waals surface area contributed by atoms with Crippen molar-refractivity contribution in [1.29, 1.82) is 0 Å². The Kier molecular flexibility index (Phi) is 6.59. The molecular weight excluding hydrogens is 186 g/mol. The van der Waals surface area contributed by atoms with Gasteiger partial charge in [-0.05, 0) is 12.5 Å². The molecule has 1 aromatic carbocycles. The van der Waals surface area contributed by atoms with E-state index in [1.54, 1.807) is 0 Å². The highest BCUT2D eigenvalue weighted by Gasteiger charge is 1.90. The average molecular weight is 202 g/mol. The third kappa shape index (κ3) is 4.88. The number of nitrogens with one attached hydrogen (secondary N) is 1. The lowest BCUT2D eigenvalue weighted by molar-refractivity contribution is 0.292. The predicted molar refractivity (Wildman–Crippen MR) is 57.2 cm³/mol. The maximum atomic E-state index is 8.53. The van der Waals surface area contributed by atoms with Gasteiger partial charge in [0.2, 0.25) is 0 Å². The summed E-state index contributed by atoms with van der Waals surface area (Å²) in [4.78, 5) is 0. The number of rotatable bonds is 4. The third-order valence-electron chi connectivity index (χ3n) is 1.74. The van der Waals surface area contributed by atoms with Gasteiger partial charge in [-0.2, -0.15) is 0 Å². The van der Waals surface area contributed by atoms with Gasteiger partial charge < -0.3 is 10.4 Å². The molecule has 0 unspecified atom stereocenters. The lowest BCUT2D eigenvalue weighted by atomic mass is 10.1. The van der Waals surface area contributed by atoms with Gasteiger partial charge in [-0.1, -0.05) is 29.8 Å². The third-order valence-corrected chi connectivity index (χ3v) is 1.74. The highest BCUT2D eigenvalue weighted by Crippen LogP contribution is 2.01. The van der Waals surface area contributed by atoms with Gasteiger partial charge in [0.05, 0.1) is 6.61 Å². The Labute approximate surface area is 85.4 Å².